The summed E-state index contributed by atoms with van der Waals surface area (Å²) in [4.78, 5) is 22.5. The van der Waals surface area contributed by atoms with E-state index < -0.39 is 6.03 Å². The van der Waals surface area contributed by atoms with Gasteiger partial charge in [0, 0.05) is 17.1 Å². The summed E-state index contributed by atoms with van der Waals surface area (Å²) in [5.41, 5.74) is 2.31. The number of hydrogen-bond acceptors (Lipinski definition) is 7. The second-order valence-corrected chi connectivity index (χ2v) is 7.31. The van der Waals surface area contributed by atoms with Crippen molar-refractivity contribution in [1.82, 2.24) is 25.0 Å². The maximum Gasteiger partial charge on any atom is 0.323 e. The molecule has 0 aliphatic carbocycles. The maximum atomic E-state index is 12.7. The van der Waals surface area contributed by atoms with Crippen LogP contribution in [0.1, 0.15) is 24.3 Å². The lowest BCUT2D eigenvalue weighted by molar-refractivity contribution is 0.119. The number of carbonyl (C=O) groups is 1. The first-order valence-corrected chi connectivity index (χ1v) is 9.89. The van der Waals surface area contributed by atoms with Crippen molar-refractivity contribution in [1.29, 1.82) is 0 Å². The van der Waals surface area contributed by atoms with Crippen LogP contribution >= 0.6 is 27.5 Å². The van der Waals surface area contributed by atoms with Crippen molar-refractivity contribution in [3.8, 4) is 11.7 Å². The van der Waals surface area contributed by atoms with Gasteiger partial charge in [0.15, 0.2) is 5.82 Å². The molecule has 0 spiro atoms. The molecular weight excluding hydrogens is 478 g/mol. The van der Waals surface area contributed by atoms with Crippen molar-refractivity contribution in [2.75, 3.05) is 24.9 Å². The summed E-state index contributed by atoms with van der Waals surface area (Å²) in [6.45, 7) is 3.73. The monoisotopic (exact) mass is 495 g/mol. The molecule has 0 saturated carbocycles. The van der Waals surface area contributed by atoms with Crippen LogP contribution in [0.5, 0.6) is 5.88 Å². The smallest absolute Gasteiger partial charge is 0.323 e. The van der Waals surface area contributed by atoms with Gasteiger partial charge in [0.25, 0.3) is 0 Å². The molecule has 3 rings (SSSR count). The Balaban J connectivity index is 1.87. The van der Waals surface area contributed by atoms with Gasteiger partial charge in [-0.15, -0.1) is 4.80 Å². The predicted molar refractivity (Wildman–Crippen MR) is 115 cm³/mol. The Labute approximate surface area is 186 Å². The van der Waals surface area contributed by atoms with Crippen LogP contribution < -0.4 is 15.4 Å². The molecule has 0 saturated heterocycles. The number of halogens is 2. The molecule has 0 bridgehead atoms. The summed E-state index contributed by atoms with van der Waals surface area (Å²) in [5, 5.41) is 13.7. The highest BCUT2D eigenvalue weighted by atomic mass is 79.9. The minimum atomic E-state index is -0.529. The third-order valence-corrected chi connectivity index (χ3v) is 5.49. The van der Waals surface area contributed by atoms with Gasteiger partial charge in [-0.3, -0.25) is 4.98 Å². The van der Waals surface area contributed by atoms with Gasteiger partial charge >= 0.3 is 6.03 Å². The number of nitrogens with zero attached hydrogens (tertiary/aromatic N) is 5. The molecule has 0 aromatic carbocycles. The lowest BCUT2D eigenvalue weighted by atomic mass is 10.1. The van der Waals surface area contributed by atoms with Crippen LogP contribution in [-0.2, 0) is 4.74 Å². The Morgan fingerprint density at radius 1 is 1.23 bits per heavy atom. The molecule has 1 atom stereocenters. The molecule has 2 N–H and O–H groups in total. The van der Waals surface area contributed by atoms with E-state index >= 15 is 0 Å². The van der Waals surface area contributed by atoms with E-state index in [-0.39, 0.29) is 28.5 Å². The van der Waals surface area contributed by atoms with E-state index in [1.54, 1.807) is 13.3 Å². The highest BCUT2D eigenvalue weighted by molar-refractivity contribution is 9.10. The molecule has 30 heavy (non-hydrogen) atoms. The number of anilines is 2. The number of rotatable bonds is 6. The molecule has 12 heteroatoms. The molecule has 0 radical (unpaired) electrons. The lowest BCUT2D eigenvalue weighted by Gasteiger charge is -2.19. The SMILES string of the molecule is COc1nc(-n2nccn2)c(Cl)cc1NC(=O)Nc1cnc(C)c(Br)c1[C@@H](C)OC. The predicted octanol–water partition coefficient (Wildman–Crippen LogP) is 4.14. The average Bonchev–Trinajstić information content (AvgIpc) is 3.25. The van der Waals surface area contributed by atoms with Gasteiger partial charge in [0.05, 0.1) is 48.2 Å². The van der Waals surface area contributed by atoms with E-state index in [9.17, 15) is 4.79 Å². The van der Waals surface area contributed by atoms with Crippen molar-refractivity contribution in [2.45, 2.75) is 20.0 Å². The second kappa shape index (κ2) is 9.37. The fourth-order valence-electron chi connectivity index (χ4n) is 2.66. The van der Waals surface area contributed by atoms with E-state index in [1.165, 1.54) is 30.4 Å². The number of nitrogens with one attached hydrogen (secondary N) is 2. The zero-order valence-corrected chi connectivity index (χ0v) is 18.9. The van der Waals surface area contributed by atoms with E-state index in [4.69, 9.17) is 21.1 Å². The van der Waals surface area contributed by atoms with Crippen LogP contribution in [0, 0.1) is 6.92 Å². The first kappa shape index (κ1) is 21.9. The van der Waals surface area contributed by atoms with Gasteiger partial charge in [-0.2, -0.15) is 15.2 Å². The summed E-state index contributed by atoms with van der Waals surface area (Å²) in [6, 6.07) is 0.978. The molecule has 3 heterocycles. The van der Waals surface area contributed by atoms with E-state index in [2.05, 4.69) is 46.7 Å². The summed E-state index contributed by atoms with van der Waals surface area (Å²) >= 11 is 9.81. The van der Waals surface area contributed by atoms with Crippen molar-refractivity contribution in [2.24, 2.45) is 0 Å². The van der Waals surface area contributed by atoms with Gasteiger partial charge in [-0.05, 0) is 35.8 Å². The molecule has 0 fully saturated rings. The van der Waals surface area contributed by atoms with Gasteiger partial charge in [-0.25, -0.2) is 4.79 Å². The molecule has 0 aliphatic rings. The second-order valence-electron chi connectivity index (χ2n) is 6.11. The summed E-state index contributed by atoms with van der Waals surface area (Å²) in [6.07, 6.45) is 4.29. The Morgan fingerprint density at radius 2 is 1.90 bits per heavy atom. The van der Waals surface area contributed by atoms with Crippen LogP contribution in [0.15, 0.2) is 29.1 Å². The number of ether oxygens (including phenoxy) is 2. The lowest BCUT2D eigenvalue weighted by Crippen LogP contribution is -2.22. The molecule has 3 aromatic heterocycles. The highest BCUT2D eigenvalue weighted by Gasteiger charge is 2.20. The molecular formula is C18H19BrClN7O3. The van der Waals surface area contributed by atoms with Crippen molar-refractivity contribution < 1.29 is 14.3 Å². The summed E-state index contributed by atoms with van der Waals surface area (Å²) in [5.74, 6) is 0.419. The van der Waals surface area contributed by atoms with Crippen LogP contribution in [0.4, 0.5) is 16.2 Å². The first-order valence-electron chi connectivity index (χ1n) is 8.72. The number of aryl methyl sites for hydroxylation is 1. The fraction of sp³-hybridized carbons (Fsp3) is 0.278. The number of amides is 2. The average molecular weight is 497 g/mol. The van der Waals surface area contributed by atoms with Gasteiger partial charge in [0.2, 0.25) is 5.88 Å². The number of urea groups is 1. The fourth-order valence-corrected chi connectivity index (χ4v) is 3.53. The maximum absolute atomic E-state index is 12.7. The molecule has 2 amide bonds. The highest BCUT2D eigenvalue weighted by Crippen LogP contribution is 2.34. The van der Waals surface area contributed by atoms with Crippen LogP contribution in [0.2, 0.25) is 5.02 Å². The number of hydrogen-bond donors (Lipinski definition) is 2. The summed E-state index contributed by atoms with van der Waals surface area (Å²) < 4.78 is 11.5. The Morgan fingerprint density at radius 3 is 2.53 bits per heavy atom. The largest absolute Gasteiger partial charge is 0.479 e. The minimum Gasteiger partial charge on any atom is -0.479 e. The van der Waals surface area contributed by atoms with Crippen LogP contribution in [-0.4, -0.2) is 45.2 Å². The standard InChI is InChI=1S/C18H19BrClN7O3/c1-9-15(19)14(10(2)29-3)13(8-21-9)25-18(28)24-12-7-11(20)16(26-17(12)30-4)27-22-5-6-23-27/h5-8,10H,1-4H3,(H2,24,25,28)/t10-/m1/s1. The van der Waals surface area contributed by atoms with Crippen LogP contribution in [0.3, 0.4) is 0 Å². The van der Waals surface area contributed by atoms with Gasteiger partial charge in [0.1, 0.15) is 5.69 Å². The number of carbonyl (C=O) groups excluding carboxylic acids is 1. The quantitative estimate of drug-likeness (QED) is 0.527. The van der Waals surface area contributed by atoms with Crippen molar-refractivity contribution in [3.63, 3.8) is 0 Å². The van der Waals surface area contributed by atoms with Crippen molar-refractivity contribution >= 4 is 44.9 Å². The zero-order chi connectivity index (χ0) is 21.8. The zero-order valence-electron chi connectivity index (χ0n) is 16.6. The van der Waals surface area contributed by atoms with E-state index in [0.29, 0.717) is 5.69 Å². The first-order chi connectivity index (χ1) is 14.3. The molecule has 0 aliphatic heterocycles. The third-order valence-electron chi connectivity index (χ3n) is 4.21. The number of pyridine rings is 2. The minimum absolute atomic E-state index is 0.149. The van der Waals surface area contributed by atoms with Gasteiger partial charge < -0.3 is 20.1 Å². The molecule has 0 unspecified atom stereocenters. The molecule has 3 aromatic rings. The van der Waals surface area contributed by atoms with Gasteiger partial charge in [-0.1, -0.05) is 11.6 Å². The van der Waals surface area contributed by atoms with E-state index in [1.807, 2.05) is 13.8 Å². The van der Waals surface area contributed by atoms with E-state index in [0.717, 1.165) is 15.7 Å². The third kappa shape index (κ3) is 4.53. The summed E-state index contributed by atoms with van der Waals surface area (Å²) in [7, 11) is 3.02. The molecule has 158 valence electrons. The Kier molecular flexibility index (Phi) is 6.85. The normalized spacial score (nSPS) is 11.8. The Hall–Kier alpha value is -2.76. The van der Waals surface area contributed by atoms with Crippen LogP contribution in [0.25, 0.3) is 5.82 Å². The van der Waals surface area contributed by atoms with Crippen molar-refractivity contribution in [3.05, 3.63) is 45.4 Å². The molecule has 10 nitrogen and oxygen atoms in total. The number of methoxy groups -OCH3 is 2. The topological polar surface area (TPSA) is 116 Å². The number of aromatic nitrogens is 5. The Bertz CT molecular complexity index is 1060.